The van der Waals surface area contributed by atoms with Gasteiger partial charge in [0.2, 0.25) is 0 Å². The van der Waals surface area contributed by atoms with Crippen molar-refractivity contribution in [2.24, 2.45) is 0 Å². The molecule has 0 fully saturated rings. The van der Waals surface area contributed by atoms with Gasteiger partial charge in [-0.25, -0.2) is 4.68 Å². The van der Waals surface area contributed by atoms with Gasteiger partial charge in [-0.2, -0.15) is 10.1 Å². The molecule has 0 atom stereocenters. The molecule has 3 N–H and O–H groups in total. The van der Waals surface area contributed by atoms with Crippen LogP contribution in [0.4, 0.5) is 5.95 Å². The fourth-order valence-electron chi connectivity index (χ4n) is 1.32. The summed E-state index contributed by atoms with van der Waals surface area (Å²) in [6.07, 6.45) is 0. The van der Waals surface area contributed by atoms with Gasteiger partial charge in [-0.3, -0.25) is 0 Å². The zero-order valence-corrected chi connectivity index (χ0v) is 7.13. The Labute approximate surface area is 69.6 Å². The molecule has 0 amide bonds. The fourth-order valence-corrected chi connectivity index (χ4v) is 1.32. The molecule has 2 rings (SSSR count). The van der Waals surface area contributed by atoms with Crippen molar-refractivity contribution in [3.8, 4) is 0 Å². The van der Waals surface area contributed by atoms with Crippen LogP contribution in [-0.4, -0.2) is 19.7 Å². The average molecular weight is 165 g/mol. The second kappa shape index (κ2) is 2.23. The molecule has 2 heterocycles. The number of aromatic amines is 1. The van der Waals surface area contributed by atoms with Crippen molar-refractivity contribution >= 4 is 17.1 Å². The van der Waals surface area contributed by atoms with Crippen molar-refractivity contribution < 1.29 is 0 Å². The topological polar surface area (TPSA) is 72.5 Å². The predicted molar refractivity (Wildman–Crippen MR) is 46.7 cm³/mol. The minimum atomic E-state index is 0.452. The summed E-state index contributed by atoms with van der Waals surface area (Å²) in [7, 11) is 0. The molecule has 0 radical (unpaired) electrons. The third kappa shape index (κ3) is 0.792. The van der Waals surface area contributed by atoms with Crippen LogP contribution in [0, 0.1) is 6.92 Å². The maximum Gasteiger partial charge on any atom is 0.200 e. The van der Waals surface area contributed by atoms with Gasteiger partial charge in [-0.05, 0) is 13.8 Å². The lowest BCUT2D eigenvalue weighted by Gasteiger charge is -1.92. The lowest BCUT2D eigenvalue weighted by Crippen LogP contribution is -1.97. The van der Waals surface area contributed by atoms with Gasteiger partial charge in [0.1, 0.15) is 5.52 Å². The SMILES string of the molecule is CCn1nc(C)c2[nH]c(N)nc21. The highest BCUT2D eigenvalue weighted by Gasteiger charge is 2.09. The van der Waals surface area contributed by atoms with E-state index in [1.807, 2.05) is 18.5 Å². The molecular weight excluding hydrogens is 154 g/mol. The van der Waals surface area contributed by atoms with Crippen LogP contribution in [0.3, 0.4) is 0 Å². The van der Waals surface area contributed by atoms with E-state index in [-0.39, 0.29) is 0 Å². The van der Waals surface area contributed by atoms with Crippen LogP contribution >= 0.6 is 0 Å². The molecule has 0 bridgehead atoms. The Kier molecular flexibility index (Phi) is 1.33. The summed E-state index contributed by atoms with van der Waals surface area (Å²) in [5.74, 6) is 0.452. The summed E-state index contributed by atoms with van der Waals surface area (Å²) >= 11 is 0. The first-order valence-corrected chi connectivity index (χ1v) is 3.91. The number of H-pyrrole nitrogens is 1. The smallest absolute Gasteiger partial charge is 0.200 e. The summed E-state index contributed by atoms with van der Waals surface area (Å²) in [6, 6.07) is 0. The summed E-state index contributed by atoms with van der Waals surface area (Å²) in [6.45, 7) is 4.78. The van der Waals surface area contributed by atoms with Gasteiger partial charge < -0.3 is 10.7 Å². The number of aryl methyl sites for hydroxylation is 2. The second-order valence-corrected chi connectivity index (χ2v) is 2.72. The quantitative estimate of drug-likeness (QED) is 0.652. The third-order valence-electron chi connectivity index (χ3n) is 1.88. The molecule has 2 aromatic rings. The molecule has 0 spiro atoms. The van der Waals surface area contributed by atoms with Gasteiger partial charge in [0, 0.05) is 6.54 Å². The maximum atomic E-state index is 5.52. The first-order valence-electron chi connectivity index (χ1n) is 3.91. The van der Waals surface area contributed by atoms with Crippen molar-refractivity contribution in [3.05, 3.63) is 5.69 Å². The Morgan fingerprint density at radius 3 is 3.00 bits per heavy atom. The van der Waals surface area contributed by atoms with Crippen LogP contribution in [-0.2, 0) is 6.54 Å². The van der Waals surface area contributed by atoms with Crippen LogP contribution < -0.4 is 5.73 Å². The highest BCUT2D eigenvalue weighted by molar-refractivity contribution is 5.76. The number of nitrogens with two attached hydrogens (primary N) is 1. The van der Waals surface area contributed by atoms with E-state index in [1.165, 1.54) is 0 Å². The Balaban J connectivity index is 2.79. The number of nitrogens with zero attached hydrogens (tertiary/aromatic N) is 3. The molecule has 0 aliphatic rings. The number of nitrogens with one attached hydrogen (secondary N) is 1. The number of fused-ring (bicyclic) bond motifs is 1. The van der Waals surface area contributed by atoms with E-state index in [0.29, 0.717) is 5.95 Å². The second-order valence-electron chi connectivity index (χ2n) is 2.72. The first kappa shape index (κ1) is 7.15. The van der Waals surface area contributed by atoms with Crippen LogP contribution in [0.2, 0.25) is 0 Å². The summed E-state index contributed by atoms with van der Waals surface area (Å²) in [5, 5.41) is 4.28. The number of aromatic nitrogens is 4. The van der Waals surface area contributed by atoms with E-state index in [0.717, 1.165) is 23.4 Å². The maximum absolute atomic E-state index is 5.52. The zero-order chi connectivity index (χ0) is 8.72. The number of rotatable bonds is 1. The molecule has 2 aromatic heterocycles. The Hall–Kier alpha value is -1.52. The molecule has 0 unspecified atom stereocenters. The number of anilines is 1. The van der Waals surface area contributed by atoms with Gasteiger partial charge >= 0.3 is 0 Å². The molecule has 12 heavy (non-hydrogen) atoms. The molecule has 5 heteroatoms. The molecule has 0 aliphatic heterocycles. The van der Waals surface area contributed by atoms with E-state index in [1.54, 1.807) is 0 Å². The van der Waals surface area contributed by atoms with E-state index in [9.17, 15) is 0 Å². The van der Waals surface area contributed by atoms with E-state index < -0.39 is 0 Å². The molecule has 5 nitrogen and oxygen atoms in total. The van der Waals surface area contributed by atoms with E-state index in [4.69, 9.17) is 5.73 Å². The van der Waals surface area contributed by atoms with Crippen molar-refractivity contribution in [3.63, 3.8) is 0 Å². The molecule has 0 aliphatic carbocycles. The average Bonchev–Trinajstić information content (AvgIpc) is 2.52. The molecule has 0 saturated heterocycles. The van der Waals surface area contributed by atoms with Crippen LogP contribution in [0.25, 0.3) is 11.2 Å². The van der Waals surface area contributed by atoms with Crippen molar-refractivity contribution in [1.82, 2.24) is 19.7 Å². The third-order valence-corrected chi connectivity index (χ3v) is 1.88. The standard InChI is InChI=1S/C7H11N5/c1-3-12-6-5(4(2)11-12)9-7(8)10-6/h3H2,1-2H3,(H3,8,9,10). The van der Waals surface area contributed by atoms with Crippen LogP contribution in [0.15, 0.2) is 0 Å². The van der Waals surface area contributed by atoms with Crippen molar-refractivity contribution in [2.45, 2.75) is 20.4 Å². The van der Waals surface area contributed by atoms with Crippen LogP contribution in [0.5, 0.6) is 0 Å². The molecule has 64 valence electrons. The largest absolute Gasteiger partial charge is 0.369 e. The molecule has 0 saturated carbocycles. The number of hydrogen-bond donors (Lipinski definition) is 2. The van der Waals surface area contributed by atoms with Gasteiger partial charge in [-0.1, -0.05) is 0 Å². The van der Waals surface area contributed by atoms with Gasteiger partial charge in [-0.15, -0.1) is 0 Å². The van der Waals surface area contributed by atoms with Gasteiger partial charge in [0.25, 0.3) is 0 Å². The van der Waals surface area contributed by atoms with Crippen molar-refractivity contribution in [1.29, 1.82) is 0 Å². The number of nitrogen functional groups attached to an aromatic ring is 1. The normalized spacial score (nSPS) is 11.2. The summed E-state index contributed by atoms with van der Waals surface area (Å²) < 4.78 is 1.83. The van der Waals surface area contributed by atoms with Gasteiger partial charge in [0.05, 0.1) is 5.69 Å². The predicted octanol–water partition coefficient (Wildman–Crippen LogP) is 0.670. The van der Waals surface area contributed by atoms with E-state index in [2.05, 4.69) is 15.1 Å². The zero-order valence-electron chi connectivity index (χ0n) is 7.13. The highest BCUT2D eigenvalue weighted by atomic mass is 15.3. The number of imidazole rings is 1. The van der Waals surface area contributed by atoms with Gasteiger partial charge in [0.15, 0.2) is 11.6 Å². The molecular formula is C7H11N5. The first-order chi connectivity index (χ1) is 5.72. The van der Waals surface area contributed by atoms with Crippen LogP contribution in [0.1, 0.15) is 12.6 Å². The lowest BCUT2D eigenvalue weighted by molar-refractivity contribution is 0.670. The van der Waals surface area contributed by atoms with E-state index >= 15 is 0 Å². The van der Waals surface area contributed by atoms with Crippen molar-refractivity contribution in [2.75, 3.05) is 5.73 Å². The minimum absolute atomic E-state index is 0.452. The highest BCUT2D eigenvalue weighted by Crippen LogP contribution is 2.15. The minimum Gasteiger partial charge on any atom is -0.369 e. The number of hydrogen-bond acceptors (Lipinski definition) is 3. The Bertz CT molecular complexity index is 411. The summed E-state index contributed by atoms with van der Waals surface area (Å²) in [5.41, 5.74) is 8.24. The monoisotopic (exact) mass is 165 g/mol. The Morgan fingerprint density at radius 2 is 2.33 bits per heavy atom. The fraction of sp³-hybridized carbons (Fsp3) is 0.429. The summed E-state index contributed by atoms with van der Waals surface area (Å²) in [4.78, 5) is 7.09. The lowest BCUT2D eigenvalue weighted by atomic mass is 10.4. The molecule has 0 aromatic carbocycles. The Morgan fingerprint density at radius 1 is 1.58 bits per heavy atom.